The Kier molecular flexibility index (Phi) is 7.35. The van der Waals surface area contributed by atoms with Gasteiger partial charge in [0, 0.05) is 34.9 Å². The quantitative estimate of drug-likeness (QED) is 0.358. The predicted molar refractivity (Wildman–Crippen MR) is 123 cm³/mol. The Balaban J connectivity index is 2.25. The van der Waals surface area contributed by atoms with Crippen LogP contribution in [0.3, 0.4) is 0 Å². The summed E-state index contributed by atoms with van der Waals surface area (Å²) in [5.74, 6) is -2.92. The van der Waals surface area contributed by atoms with Gasteiger partial charge in [0.15, 0.2) is 17.4 Å². The Hall–Kier alpha value is -2.94. The van der Waals surface area contributed by atoms with Gasteiger partial charge in [-0.1, -0.05) is 26.0 Å². The lowest BCUT2D eigenvalue weighted by Crippen LogP contribution is -2.51. The molecule has 1 aromatic heterocycles. The fourth-order valence-electron chi connectivity index (χ4n) is 3.86. The third kappa shape index (κ3) is 4.94. The van der Waals surface area contributed by atoms with Crippen molar-refractivity contribution in [1.82, 2.24) is 10.3 Å². The number of ether oxygens (including phenoxy) is 1. The van der Waals surface area contributed by atoms with Gasteiger partial charge >= 0.3 is 6.18 Å². The minimum absolute atomic E-state index is 0.250. The van der Waals surface area contributed by atoms with Gasteiger partial charge in [-0.25, -0.2) is 8.78 Å². The summed E-state index contributed by atoms with van der Waals surface area (Å²) < 4.78 is 78.2. The van der Waals surface area contributed by atoms with E-state index < -0.39 is 41.6 Å². The van der Waals surface area contributed by atoms with Crippen molar-refractivity contribution in [1.29, 1.82) is 0 Å². The number of halogens is 5. The summed E-state index contributed by atoms with van der Waals surface area (Å²) in [4.78, 5) is 4.43. The zero-order valence-corrected chi connectivity index (χ0v) is 19.6. The summed E-state index contributed by atoms with van der Waals surface area (Å²) in [5.41, 5.74) is -1.17. The Morgan fingerprint density at radius 2 is 1.74 bits per heavy atom. The lowest BCUT2D eigenvalue weighted by molar-refractivity contribution is -0.222. The standard InChI is InChI=1S/C25H28F5N3O/c1-14(2)31-13-24(4,25(28,29)30)23(17-11-12-18(26)22(34-5)21(17)27)33-20-8-6-7-19-16(20)10-9-15(3)32-19/h6-12,14,23,31,33H,13H2,1-5H3. The van der Waals surface area contributed by atoms with E-state index in [9.17, 15) is 17.6 Å². The monoisotopic (exact) mass is 481 g/mol. The first-order valence-electron chi connectivity index (χ1n) is 10.8. The van der Waals surface area contributed by atoms with E-state index in [0.29, 0.717) is 16.6 Å². The molecule has 3 rings (SSSR count). The molecular formula is C25H28F5N3O. The van der Waals surface area contributed by atoms with Gasteiger partial charge in [0.1, 0.15) is 0 Å². The van der Waals surface area contributed by atoms with Gasteiger partial charge in [-0.2, -0.15) is 13.2 Å². The van der Waals surface area contributed by atoms with Crippen molar-refractivity contribution in [2.45, 2.75) is 46.0 Å². The minimum atomic E-state index is -4.75. The zero-order chi connectivity index (χ0) is 25.3. The molecule has 0 fully saturated rings. The minimum Gasteiger partial charge on any atom is -0.491 e. The van der Waals surface area contributed by atoms with Crippen LogP contribution in [0.15, 0.2) is 42.5 Å². The first-order valence-corrected chi connectivity index (χ1v) is 10.8. The number of anilines is 1. The van der Waals surface area contributed by atoms with E-state index in [0.717, 1.165) is 31.9 Å². The van der Waals surface area contributed by atoms with E-state index >= 15 is 4.39 Å². The summed E-state index contributed by atoms with van der Waals surface area (Å²) in [6, 6.07) is 8.56. The lowest BCUT2D eigenvalue weighted by atomic mass is 9.76. The van der Waals surface area contributed by atoms with Crippen molar-refractivity contribution in [3.8, 4) is 5.75 Å². The molecule has 9 heteroatoms. The number of hydrogen-bond acceptors (Lipinski definition) is 4. The van der Waals surface area contributed by atoms with Crippen molar-refractivity contribution >= 4 is 16.6 Å². The average Bonchev–Trinajstić information content (AvgIpc) is 2.75. The van der Waals surface area contributed by atoms with Crippen LogP contribution in [0.4, 0.5) is 27.6 Å². The van der Waals surface area contributed by atoms with Crippen molar-refractivity contribution in [2.24, 2.45) is 5.41 Å². The van der Waals surface area contributed by atoms with Crippen LogP contribution >= 0.6 is 0 Å². The van der Waals surface area contributed by atoms with Gasteiger partial charge in [0.25, 0.3) is 0 Å². The van der Waals surface area contributed by atoms with Crippen LogP contribution in [0.2, 0.25) is 0 Å². The maximum absolute atomic E-state index is 15.4. The highest BCUT2D eigenvalue weighted by Gasteiger charge is 2.57. The summed E-state index contributed by atoms with van der Waals surface area (Å²) in [5, 5.41) is 6.33. The van der Waals surface area contributed by atoms with Gasteiger partial charge in [0.2, 0.25) is 0 Å². The normalized spacial score (nSPS) is 14.8. The molecule has 34 heavy (non-hydrogen) atoms. The molecule has 2 unspecified atom stereocenters. The van der Waals surface area contributed by atoms with Crippen LogP contribution in [0.25, 0.3) is 10.9 Å². The molecule has 0 radical (unpaired) electrons. The number of methoxy groups -OCH3 is 1. The first kappa shape index (κ1) is 25.7. The molecule has 0 aliphatic carbocycles. The lowest BCUT2D eigenvalue weighted by Gasteiger charge is -2.41. The number of nitrogens with one attached hydrogen (secondary N) is 2. The van der Waals surface area contributed by atoms with Gasteiger partial charge < -0.3 is 15.4 Å². The Morgan fingerprint density at radius 3 is 2.35 bits per heavy atom. The number of benzene rings is 2. The molecule has 2 N–H and O–H groups in total. The summed E-state index contributed by atoms with van der Waals surface area (Å²) in [7, 11) is 1.07. The van der Waals surface area contributed by atoms with Crippen LogP contribution in [0, 0.1) is 24.0 Å². The molecule has 184 valence electrons. The van der Waals surface area contributed by atoms with E-state index in [4.69, 9.17) is 4.74 Å². The SMILES string of the molecule is COc1c(F)ccc(C(Nc2cccc3nc(C)ccc23)C(C)(CNC(C)C)C(F)(F)F)c1F. The maximum atomic E-state index is 15.4. The fraction of sp³-hybridized carbons (Fsp3) is 0.400. The number of pyridine rings is 1. The highest BCUT2D eigenvalue weighted by atomic mass is 19.4. The van der Waals surface area contributed by atoms with Gasteiger partial charge in [-0.3, -0.25) is 4.98 Å². The Morgan fingerprint density at radius 1 is 1.03 bits per heavy atom. The molecule has 1 heterocycles. The van der Waals surface area contributed by atoms with Gasteiger partial charge in [0.05, 0.1) is 24.1 Å². The largest absolute Gasteiger partial charge is 0.491 e. The van der Waals surface area contributed by atoms with Crippen molar-refractivity contribution in [3.63, 3.8) is 0 Å². The number of hydrogen-bond donors (Lipinski definition) is 2. The van der Waals surface area contributed by atoms with Crippen molar-refractivity contribution in [2.75, 3.05) is 19.0 Å². The van der Waals surface area contributed by atoms with E-state index in [1.807, 2.05) is 0 Å². The first-order chi connectivity index (χ1) is 15.9. The molecule has 0 aliphatic rings. The summed E-state index contributed by atoms with van der Waals surface area (Å²) in [6.07, 6.45) is -4.75. The van der Waals surface area contributed by atoms with E-state index in [1.165, 1.54) is 0 Å². The van der Waals surface area contributed by atoms with Crippen LogP contribution in [0.5, 0.6) is 5.75 Å². The van der Waals surface area contributed by atoms with Crippen LogP contribution in [0.1, 0.15) is 38.1 Å². The number of rotatable bonds is 8. The topological polar surface area (TPSA) is 46.2 Å². The van der Waals surface area contributed by atoms with E-state index in [2.05, 4.69) is 15.6 Å². The fourth-order valence-corrected chi connectivity index (χ4v) is 3.86. The van der Waals surface area contributed by atoms with Gasteiger partial charge in [-0.05, 0) is 44.2 Å². The van der Waals surface area contributed by atoms with Crippen molar-refractivity contribution < 1.29 is 26.7 Å². The Bertz CT molecular complexity index is 1170. The predicted octanol–water partition coefficient (Wildman–Crippen LogP) is 6.55. The van der Waals surface area contributed by atoms with E-state index in [-0.39, 0.29) is 11.6 Å². The number of alkyl halides is 3. The van der Waals surface area contributed by atoms with Crippen LogP contribution < -0.4 is 15.4 Å². The second-order valence-electron chi connectivity index (χ2n) is 8.84. The average molecular weight is 482 g/mol. The number of aromatic nitrogens is 1. The zero-order valence-electron chi connectivity index (χ0n) is 19.6. The molecule has 0 spiro atoms. The van der Waals surface area contributed by atoms with Crippen LogP contribution in [-0.4, -0.2) is 30.9 Å². The maximum Gasteiger partial charge on any atom is 0.397 e. The highest BCUT2D eigenvalue weighted by Crippen LogP contribution is 2.50. The molecule has 0 bridgehead atoms. The second-order valence-corrected chi connectivity index (χ2v) is 8.84. The molecule has 0 saturated heterocycles. The molecular weight excluding hydrogens is 453 g/mol. The molecule has 4 nitrogen and oxygen atoms in total. The smallest absolute Gasteiger partial charge is 0.397 e. The third-order valence-corrected chi connectivity index (χ3v) is 5.93. The van der Waals surface area contributed by atoms with Crippen molar-refractivity contribution in [3.05, 3.63) is 65.4 Å². The molecule has 2 aromatic carbocycles. The summed E-state index contributed by atoms with van der Waals surface area (Å²) >= 11 is 0. The third-order valence-electron chi connectivity index (χ3n) is 5.93. The Labute approximate surface area is 195 Å². The number of nitrogens with zero attached hydrogens (tertiary/aromatic N) is 1. The number of fused-ring (bicyclic) bond motifs is 1. The molecule has 0 amide bonds. The van der Waals surface area contributed by atoms with Crippen LogP contribution in [-0.2, 0) is 0 Å². The molecule has 3 aromatic rings. The highest BCUT2D eigenvalue weighted by molar-refractivity contribution is 5.91. The number of aryl methyl sites for hydroxylation is 1. The second kappa shape index (κ2) is 9.74. The van der Waals surface area contributed by atoms with Gasteiger partial charge in [-0.15, -0.1) is 0 Å². The molecule has 2 atom stereocenters. The van der Waals surface area contributed by atoms with E-state index in [1.54, 1.807) is 51.1 Å². The summed E-state index contributed by atoms with van der Waals surface area (Å²) in [6.45, 7) is 5.76. The molecule has 0 saturated carbocycles. The molecule has 0 aliphatic heterocycles.